The van der Waals surface area contributed by atoms with E-state index in [1.54, 1.807) is 0 Å². The van der Waals surface area contributed by atoms with Crippen LogP contribution < -0.4 is 0 Å². The predicted octanol–water partition coefficient (Wildman–Crippen LogP) is 2.95. The lowest BCUT2D eigenvalue weighted by Crippen LogP contribution is -2.17. The summed E-state index contributed by atoms with van der Waals surface area (Å²) in [5, 5.41) is 0. The molecule has 0 bridgehead atoms. The lowest BCUT2D eigenvalue weighted by molar-refractivity contribution is 1.06. The van der Waals surface area contributed by atoms with Crippen molar-refractivity contribution in [2.24, 2.45) is 0 Å². The molecular weight excluding hydrogens is 199 g/mol. The van der Waals surface area contributed by atoms with Crippen molar-refractivity contribution in [2.75, 3.05) is 0 Å². The van der Waals surface area contributed by atoms with Crippen LogP contribution >= 0.6 is 22.2 Å². The molecule has 0 nitrogen and oxygen atoms in total. The van der Waals surface area contributed by atoms with Gasteiger partial charge in [0.2, 0.25) is 0 Å². The number of hydrogen-bond acceptors (Lipinski definition) is 0. The van der Waals surface area contributed by atoms with Gasteiger partial charge in [-0.3, -0.25) is 0 Å². The molecule has 0 saturated heterocycles. The minimum Gasteiger partial charge on any atom is -0.146 e. The maximum absolute atomic E-state index is 6.14. The topological polar surface area (TPSA) is 0 Å². The van der Waals surface area contributed by atoms with E-state index >= 15 is 0 Å². The molecule has 0 aromatic carbocycles. The third-order valence-corrected chi connectivity index (χ3v) is 7.86. The highest BCUT2D eigenvalue weighted by Crippen LogP contribution is 2.28. The van der Waals surface area contributed by atoms with Crippen LogP contribution in [0.5, 0.6) is 0 Å². The molecular formula is C6H16Cl2Si2. The lowest BCUT2D eigenvalue weighted by Gasteiger charge is -2.13. The zero-order chi connectivity index (χ0) is 8.04. The second-order valence-corrected chi connectivity index (χ2v) is 12.0. The second-order valence-electron chi connectivity index (χ2n) is 2.71. The third-order valence-electron chi connectivity index (χ3n) is 1.51. The van der Waals surface area contributed by atoms with Crippen LogP contribution in [0.15, 0.2) is 0 Å². The molecule has 0 N–H and O–H groups in total. The van der Waals surface area contributed by atoms with Gasteiger partial charge in [-0.15, -0.1) is 22.2 Å². The molecule has 0 spiro atoms. The quantitative estimate of drug-likeness (QED) is 0.488. The largest absolute Gasteiger partial charge is 0.251 e. The molecule has 0 unspecified atom stereocenters. The smallest absolute Gasteiger partial charge is 0.146 e. The molecule has 0 saturated carbocycles. The molecule has 62 valence electrons. The summed E-state index contributed by atoms with van der Waals surface area (Å²) in [6, 6.07) is 3.54. The van der Waals surface area contributed by atoms with Gasteiger partial charge in [0.1, 0.15) is 0 Å². The third kappa shape index (κ3) is 5.77. The summed E-state index contributed by atoms with van der Waals surface area (Å²) in [5.74, 6) is 0. The Balaban J connectivity index is 3.42. The van der Waals surface area contributed by atoms with Crippen molar-refractivity contribution in [1.29, 1.82) is 0 Å². The Hall–Kier alpha value is 1.01. The first-order valence-corrected chi connectivity index (χ1v) is 10.9. The summed E-state index contributed by atoms with van der Waals surface area (Å²) in [4.78, 5) is 0. The van der Waals surface area contributed by atoms with Gasteiger partial charge < -0.3 is 0 Å². The van der Waals surface area contributed by atoms with Crippen LogP contribution in [0.3, 0.4) is 0 Å². The Morgan fingerprint density at radius 2 is 1.90 bits per heavy atom. The van der Waals surface area contributed by atoms with E-state index in [0.717, 1.165) is 18.5 Å². The molecule has 0 atom stereocenters. The van der Waals surface area contributed by atoms with Crippen LogP contribution in [0.2, 0.25) is 24.7 Å². The van der Waals surface area contributed by atoms with E-state index in [4.69, 9.17) is 22.2 Å². The van der Waals surface area contributed by atoms with E-state index in [9.17, 15) is 0 Å². The Morgan fingerprint density at radius 3 is 2.30 bits per heavy atom. The predicted molar refractivity (Wildman–Crippen MR) is 56.6 cm³/mol. The van der Waals surface area contributed by atoms with Crippen molar-refractivity contribution in [1.82, 2.24) is 0 Å². The molecule has 10 heavy (non-hydrogen) atoms. The van der Waals surface area contributed by atoms with Crippen molar-refractivity contribution >= 4 is 38.4 Å². The molecule has 0 aromatic heterocycles. The van der Waals surface area contributed by atoms with E-state index < -0.39 is 6.69 Å². The minimum atomic E-state index is -1.75. The molecule has 0 aliphatic carbocycles. The summed E-state index contributed by atoms with van der Waals surface area (Å²) < 4.78 is 0. The molecule has 0 aliphatic heterocycles. The van der Waals surface area contributed by atoms with Gasteiger partial charge in [0.05, 0.1) is 0 Å². The van der Waals surface area contributed by atoms with Crippen molar-refractivity contribution in [3.63, 3.8) is 0 Å². The monoisotopic (exact) mass is 214 g/mol. The fourth-order valence-electron chi connectivity index (χ4n) is 0.926. The highest BCUT2D eigenvalue weighted by atomic mass is 35.7. The van der Waals surface area contributed by atoms with Gasteiger partial charge in [0.15, 0.2) is 0 Å². The van der Waals surface area contributed by atoms with Gasteiger partial charge >= 0.3 is 0 Å². The normalized spacial score (nSPS) is 13.2. The van der Waals surface area contributed by atoms with Crippen LogP contribution in [0.1, 0.15) is 13.3 Å². The van der Waals surface area contributed by atoms with Crippen molar-refractivity contribution in [3.05, 3.63) is 0 Å². The molecule has 0 heterocycles. The zero-order valence-corrected chi connectivity index (χ0v) is 10.7. The standard InChI is InChI=1S/C6H16Cl2Si2/c1-3-5-10(7,8)6-4-9-2/h3-6,9H2,1-2H3. The molecule has 4 heteroatoms. The van der Waals surface area contributed by atoms with Crippen LogP contribution in [0.4, 0.5) is 0 Å². The van der Waals surface area contributed by atoms with Crippen molar-refractivity contribution in [3.8, 4) is 0 Å². The van der Waals surface area contributed by atoms with Gasteiger partial charge in [0, 0.05) is 9.52 Å². The maximum atomic E-state index is 6.14. The van der Waals surface area contributed by atoms with Crippen LogP contribution in [0, 0.1) is 0 Å². The summed E-state index contributed by atoms with van der Waals surface area (Å²) >= 11 is 12.3. The van der Waals surface area contributed by atoms with Crippen LogP contribution in [-0.4, -0.2) is 16.2 Å². The highest BCUT2D eigenvalue weighted by molar-refractivity contribution is 7.45. The molecule has 0 radical (unpaired) electrons. The summed E-state index contributed by atoms with van der Waals surface area (Å²) in [7, 11) is 0.183. The fourth-order valence-corrected chi connectivity index (χ4v) is 8.93. The van der Waals surface area contributed by atoms with E-state index in [1.807, 2.05) is 0 Å². The number of halogens is 2. The van der Waals surface area contributed by atoms with Crippen LogP contribution in [-0.2, 0) is 0 Å². The molecule has 0 aliphatic rings. The maximum Gasteiger partial charge on any atom is 0.251 e. The fraction of sp³-hybridized carbons (Fsp3) is 1.00. The van der Waals surface area contributed by atoms with Gasteiger partial charge in [-0.25, -0.2) is 0 Å². The highest BCUT2D eigenvalue weighted by Gasteiger charge is 2.25. The Kier molecular flexibility index (Phi) is 6.21. The van der Waals surface area contributed by atoms with Crippen LogP contribution in [0.25, 0.3) is 0 Å². The second kappa shape index (κ2) is 5.64. The molecule has 0 aromatic rings. The minimum absolute atomic E-state index is 0.183. The summed E-state index contributed by atoms with van der Waals surface area (Å²) in [6.45, 7) is 2.71. The van der Waals surface area contributed by atoms with Gasteiger partial charge in [-0.1, -0.05) is 25.9 Å². The van der Waals surface area contributed by atoms with Crippen molar-refractivity contribution < 1.29 is 0 Å². The van der Waals surface area contributed by atoms with Crippen molar-refractivity contribution in [2.45, 2.75) is 38.0 Å². The number of hydrogen-bond donors (Lipinski definition) is 0. The van der Waals surface area contributed by atoms with E-state index in [-0.39, 0.29) is 9.52 Å². The molecule has 0 rings (SSSR count). The molecule has 0 fully saturated rings. The Labute approximate surface area is 76.5 Å². The average Bonchev–Trinajstić information content (AvgIpc) is 1.84. The average molecular weight is 215 g/mol. The molecule has 0 amide bonds. The lowest BCUT2D eigenvalue weighted by atomic mass is 10.6. The summed E-state index contributed by atoms with van der Waals surface area (Å²) in [5.41, 5.74) is 0. The van der Waals surface area contributed by atoms with E-state index in [0.29, 0.717) is 0 Å². The zero-order valence-electron chi connectivity index (χ0n) is 6.79. The Morgan fingerprint density at radius 1 is 1.30 bits per heavy atom. The summed E-state index contributed by atoms with van der Waals surface area (Å²) in [6.07, 6.45) is 1.14. The SMILES string of the molecule is CCC[Si](Cl)(Cl)CC[SiH2]C. The van der Waals surface area contributed by atoms with E-state index in [1.165, 1.54) is 6.04 Å². The first-order valence-electron chi connectivity index (χ1n) is 4.00. The van der Waals surface area contributed by atoms with Gasteiger partial charge in [-0.2, -0.15) is 0 Å². The van der Waals surface area contributed by atoms with E-state index in [2.05, 4.69) is 13.5 Å². The Bertz CT molecular complexity index is 85.8. The number of rotatable bonds is 5. The first kappa shape index (κ1) is 11.0. The first-order chi connectivity index (χ1) is 4.62. The van der Waals surface area contributed by atoms with Gasteiger partial charge in [-0.05, 0) is 12.1 Å². The van der Waals surface area contributed by atoms with Gasteiger partial charge in [0.25, 0.3) is 6.69 Å².